The number of urea groups is 1. The van der Waals surface area contributed by atoms with E-state index in [2.05, 4.69) is 30.5 Å². The lowest BCUT2D eigenvalue weighted by Gasteiger charge is -2.23. The quantitative estimate of drug-likeness (QED) is 0.792. The van der Waals surface area contributed by atoms with Crippen molar-refractivity contribution >= 4 is 29.0 Å². The summed E-state index contributed by atoms with van der Waals surface area (Å²) >= 11 is 7.63. The molecule has 118 valence electrons. The fourth-order valence-electron chi connectivity index (χ4n) is 2.25. The van der Waals surface area contributed by atoms with Crippen molar-refractivity contribution in [3.05, 3.63) is 57.2 Å². The van der Waals surface area contributed by atoms with Gasteiger partial charge in [0.15, 0.2) is 0 Å². The molecule has 2 aromatic rings. The summed E-state index contributed by atoms with van der Waals surface area (Å²) in [4.78, 5) is 13.4. The summed E-state index contributed by atoms with van der Waals surface area (Å²) < 4.78 is 0. The molecule has 0 saturated heterocycles. The SMILES string of the molecule is CC(C)C(NC(=O)NCCc1cccs1)c1ccc(Cl)cc1. The minimum absolute atomic E-state index is 0.0287. The number of nitrogens with one attached hydrogen (secondary N) is 2. The monoisotopic (exact) mass is 336 g/mol. The highest BCUT2D eigenvalue weighted by Crippen LogP contribution is 2.23. The van der Waals surface area contributed by atoms with Gasteiger partial charge in [0.2, 0.25) is 0 Å². The third-order valence-electron chi connectivity index (χ3n) is 3.42. The van der Waals surface area contributed by atoms with Crippen LogP contribution in [0.15, 0.2) is 41.8 Å². The van der Waals surface area contributed by atoms with Crippen LogP contribution in [-0.2, 0) is 6.42 Å². The van der Waals surface area contributed by atoms with Crippen LogP contribution in [0.3, 0.4) is 0 Å². The van der Waals surface area contributed by atoms with Gasteiger partial charge in [0.25, 0.3) is 0 Å². The fourth-order valence-corrected chi connectivity index (χ4v) is 3.09. The second-order valence-corrected chi connectivity index (χ2v) is 6.97. The van der Waals surface area contributed by atoms with Crippen LogP contribution in [0.25, 0.3) is 0 Å². The zero-order chi connectivity index (χ0) is 15.9. The summed E-state index contributed by atoms with van der Waals surface area (Å²) in [7, 11) is 0. The molecule has 0 spiro atoms. The molecule has 3 nitrogen and oxygen atoms in total. The van der Waals surface area contributed by atoms with Crippen LogP contribution in [0.5, 0.6) is 0 Å². The van der Waals surface area contributed by atoms with E-state index in [1.54, 1.807) is 11.3 Å². The third kappa shape index (κ3) is 5.04. The molecule has 1 aromatic carbocycles. The number of hydrogen-bond donors (Lipinski definition) is 2. The van der Waals surface area contributed by atoms with Gasteiger partial charge in [-0.05, 0) is 41.5 Å². The second-order valence-electron chi connectivity index (χ2n) is 5.50. The van der Waals surface area contributed by atoms with Crippen LogP contribution < -0.4 is 10.6 Å². The van der Waals surface area contributed by atoms with E-state index in [0.717, 1.165) is 12.0 Å². The van der Waals surface area contributed by atoms with E-state index in [0.29, 0.717) is 17.5 Å². The maximum Gasteiger partial charge on any atom is 0.315 e. The topological polar surface area (TPSA) is 41.1 Å². The summed E-state index contributed by atoms with van der Waals surface area (Å²) in [6, 6.07) is 11.6. The van der Waals surface area contributed by atoms with Crippen LogP contribution in [0.2, 0.25) is 5.02 Å². The minimum atomic E-state index is -0.134. The van der Waals surface area contributed by atoms with Gasteiger partial charge in [0.1, 0.15) is 0 Å². The van der Waals surface area contributed by atoms with Gasteiger partial charge in [0, 0.05) is 16.4 Å². The lowest BCUT2D eigenvalue weighted by molar-refractivity contribution is 0.233. The molecule has 1 aromatic heterocycles. The van der Waals surface area contributed by atoms with E-state index in [4.69, 9.17) is 11.6 Å². The first-order chi connectivity index (χ1) is 10.6. The van der Waals surface area contributed by atoms with E-state index in [9.17, 15) is 4.79 Å². The molecule has 0 fully saturated rings. The lowest BCUT2D eigenvalue weighted by atomic mass is 9.96. The zero-order valence-corrected chi connectivity index (χ0v) is 14.4. The first kappa shape index (κ1) is 16.8. The van der Waals surface area contributed by atoms with Gasteiger partial charge in [-0.25, -0.2) is 4.79 Å². The first-order valence-electron chi connectivity index (χ1n) is 7.38. The summed E-state index contributed by atoms with van der Waals surface area (Å²) in [5, 5.41) is 8.71. The molecular formula is C17H21ClN2OS. The van der Waals surface area contributed by atoms with E-state index in [1.807, 2.05) is 35.7 Å². The van der Waals surface area contributed by atoms with Gasteiger partial charge in [-0.2, -0.15) is 0 Å². The van der Waals surface area contributed by atoms with Crippen molar-refractivity contribution in [1.29, 1.82) is 0 Å². The van der Waals surface area contributed by atoms with E-state index in [-0.39, 0.29) is 12.1 Å². The number of rotatable bonds is 6. The number of amides is 2. The molecule has 0 bridgehead atoms. The number of carbonyl (C=O) groups is 1. The van der Waals surface area contributed by atoms with Gasteiger partial charge in [-0.3, -0.25) is 0 Å². The van der Waals surface area contributed by atoms with Crippen molar-refractivity contribution in [3.8, 4) is 0 Å². The Kier molecular flexibility index (Phi) is 6.28. The number of hydrogen-bond acceptors (Lipinski definition) is 2. The molecule has 1 unspecified atom stereocenters. The Bertz CT molecular complexity index is 581. The van der Waals surface area contributed by atoms with Crippen molar-refractivity contribution in [3.63, 3.8) is 0 Å². The Hall–Kier alpha value is -1.52. The molecule has 0 aliphatic rings. The minimum Gasteiger partial charge on any atom is -0.338 e. The molecule has 1 atom stereocenters. The van der Waals surface area contributed by atoms with E-state index >= 15 is 0 Å². The van der Waals surface area contributed by atoms with Gasteiger partial charge in [0.05, 0.1) is 6.04 Å². The lowest BCUT2D eigenvalue weighted by Crippen LogP contribution is -2.40. The smallest absolute Gasteiger partial charge is 0.315 e. The highest BCUT2D eigenvalue weighted by molar-refractivity contribution is 7.09. The number of halogens is 1. The predicted molar refractivity (Wildman–Crippen MR) is 93.6 cm³/mol. The maximum absolute atomic E-state index is 12.1. The van der Waals surface area contributed by atoms with Crippen LogP contribution in [0.4, 0.5) is 4.79 Å². The Balaban J connectivity index is 1.87. The van der Waals surface area contributed by atoms with E-state index in [1.165, 1.54) is 4.88 Å². The fraction of sp³-hybridized carbons (Fsp3) is 0.353. The first-order valence-corrected chi connectivity index (χ1v) is 8.64. The number of carbonyl (C=O) groups excluding carboxylic acids is 1. The summed E-state index contributed by atoms with van der Waals surface area (Å²) in [5.41, 5.74) is 1.06. The Morgan fingerprint density at radius 1 is 1.23 bits per heavy atom. The Morgan fingerprint density at radius 2 is 1.95 bits per heavy atom. The molecule has 0 aliphatic carbocycles. The van der Waals surface area contributed by atoms with Crippen LogP contribution >= 0.6 is 22.9 Å². The summed E-state index contributed by atoms with van der Waals surface area (Å²) in [6.07, 6.45) is 0.860. The van der Waals surface area contributed by atoms with Gasteiger partial charge < -0.3 is 10.6 Å². The molecule has 22 heavy (non-hydrogen) atoms. The molecule has 2 rings (SSSR count). The van der Waals surface area contributed by atoms with Crippen molar-refractivity contribution in [2.45, 2.75) is 26.3 Å². The Morgan fingerprint density at radius 3 is 2.55 bits per heavy atom. The van der Waals surface area contributed by atoms with Crippen molar-refractivity contribution in [2.24, 2.45) is 5.92 Å². The molecular weight excluding hydrogens is 316 g/mol. The normalized spacial score (nSPS) is 12.2. The average Bonchev–Trinajstić information content (AvgIpc) is 2.99. The van der Waals surface area contributed by atoms with E-state index < -0.39 is 0 Å². The second kappa shape index (κ2) is 8.20. The van der Waals surface area contributed by atoms with Gasteiger partial charge in [-0.1, -0.05) is 43.6 Å². The van der Waals surface area contributed by atoms with Crippen LogP contribution in [-0.4, -0.2) is 12.6 Å². The molecule has 1 heterocycles. The largest absolute Gasteiger partial charge is 0.338 e. The maximum atomic E-state index is 12.1. The molecule has 2 amide bonds. The highest BCUT2D eigenvalue weighted by Gasteiger charge is 2.18. The average molecular weight is 337 g/mol. The third-order valence-corrected chi connectivity index (χ3v) is 4.61. The number of benzene rings is 1. The number of thiophene rings is 1. The van der Waals surface area contributed by atoms with Crippen LogP contribution in [0.1, 0.15) is 30.3 Å². The molecule has 0 radical (unpaired) electrons. The van der Waals surface area contributed by atoms with Gasteiger partial charge in [-0.15, -0.1) is 11.3 Å². The molecule has 2 N–H and O–H groups in total. The summed E-state index contributed by atoms with van der Waals surface area (Å²) in [6.45, 7) is 4.81. The van der Waals surface area contributed by atoms with Crippen molar-refractivity contribution in [1.82, 2.24) is 10.6 Å². The summed E-state index contributed by atoms with van der Waals surface area (Å²) in [5.74, 6) is 0.296. The van der Waals surface area contributed by atoms with Crippen LogP contribution in [0, 0.1) is 5.92 Å². The Labute approximate surface area is 140 Å². The molecule has 0 aliphatic heterocycles. The standard InChI is InChI=1S/C17H21ClN2OS/c1-12(2)16(13-5-7-14(18)8-6-13)20-17(21)19-10-9-15-4-3-11-22-15/h3-8,11-12,16H,9-10H2,1-2H3,(H2,19,20,21). The van der Waals surface area contributed by atoms with Crippen molar-refractivity contribution in [2.75, 3.05) is 6.54 Å². The molecule has 5 heteroatoms. The predicted octanol–water partition coefficient (Wildman–Crippen LogP) is 4.64. The van der Waals surface area contributed by atoms with Crippen molar-refractivity contribution < 1.29 is 4.79 Å². The van der Waals surface area contributed by atoms with Gasteiger partial charge >= 0.3 is 6.03 Å². The molecule has 0 saturated carbocycles. The highest BCUT2D eigenvalue weighted by atomic mass is 35.5. The zero-order valence-electron chi connectivity index (χ0n) is 12.8.